The topological polar surface area (TPSA) is 82.6 Å². The third-order valence-electron chi connectivity index (χ3n) is 2.89. The number of carbonyl (C=O) groups is 1. The molecule has 0 saturated carbocycles. The number of hydrogen-bond acceptors (Lipinski definition) is 6. The fourth-order valence-corrected chi connectivity index (χ4v) is 2.46. The number of allylic oxidation sites excluding steroid dienone is 1. The first kappa shape index (κ1) is 14.3. The number of Topliss-reactive ketones (excluding diaryl/α,β-unsaturated/α-hetero) is 1. The summed E-state index contributed by atoms with van der Waals surface area (Å²) in [6, 6.07) is 7.75. The molecule has 0 N–H and O–H groups in total. The Balaban J connectivity index is 1.92. The lowest BCUT2D eigenvalue weighted by atomic mass is 10.1. The summed E-state index contributed by atoms with van der Waals surface area (Å²) in [4.78, 5) is 16.1. The van der Waals surface area contributed by atoms with Gasteiger partial charge in [-0.2, -0.15) is 8.42 Å². The van der Waals surface area contributed by atoms with E-state index in [0.29, 0.717) is 5.56 Å². The van der Waals surface area contributed by atoms with Gasteiger partial charge in [-0.1, -0.05) is 0 Å². The summed E-state index contributed by atoms with van der Waals surface area (Å²) >= 11 is 0. The number of hydrogen-bond donors (Lipinski definition) is 0. The minimum absolute atomic E-state index is 0.0965. The standard InChI is InChI=1S/C15H11NO5S/c1-22(18,19)21-11-2-3-12-13(9-11)20-14(15(12)17)8-10-4-6-16-7-5-10/h2-9H,1H3. The molecule has 0 spiro atoms. The highest BCUT2D eigenvalue weighted by atomic mass is 32.2. The van der Waals surface area contributed by atoms with E-state index >= 15 is 0 Å². The zero-order valence-corrected chi connectivity index (χ0v) is 12.3. The molecule has 7 heteroatoms. The Hall–Kier alpha value is -2.67. The Morgan fingerprint density at radius 1 is 1.18 bits per heavy atom. The third kappa shape index (κ3) is 2.99. The molecule has 0 aliphatic carbocycles. The molecule has 1 aliphatic rings. The number of fused-ring (bicyclic) bond motifs is 1. The van der Waals surface area contributed by atoms with E-state index in [1.165, 1.54) is 18.2 Å². The molecule has 0 bridgehead atoms. The van der Waals surface area contributed by atoms with Crippen molar-refractivity contribution >= 4 is 22.0 Å². The number of benzene rings is 1. The highest BCUT2D eigenvalue weighted by Crippen LogP contribution is 2.35. The van der Waals surface area contributed by atoms with Gasteiger partial charge in [-0.3, -0.25) is 9.78 Å². The molecule has 1 aromatic heterocycles. The minimum atomic E-state index is -3.63. The number of ether oxygens (including phenoxy) is 1. The van der Waals surface area contributed by atoms with Gasteiger partial charge < -0.3 is 8.92 Å². The van der Waals surface area contributed by atoms with Crippen LogP contribution in [0.15, 0.2) is 48.5 Å². The molecule has 0 saturated heterocycles. The van der Waals surface area contributed by atoms with Crippen LogP contribution in [0.1, 0.15) is 15.9 Å². The monoisotopic (exact) mass is 317 g/mol. The Morgan fingerprint density at radius 3 is 2.59 bits per heavy atom. The Morgan fingerprint density at radius 2 is 1.91 bits per heavy atom. The molecular formula is C15H11NO5S. The van der Waals surface area contributed by atoms with Crippen molar-refractivity contribution in [3.63, 3.8) is 0 Å². The molecule has 0 unspecified atom stereocenters. The minimum Gasteiger partial charge on any atom is -0.452 e. The maximum Gasteiger partial charge on any atom is 0.306 e. The first-order valence-electron chi connectivity index (χ1n) is 6.30. The highest BCUT2D eigenvalue weighted by Gasteiger charge is 2.28. The van der Waals surface area contributed by atoms with Crippen molar-refractivity contribution in [1.82, 2.24) is 4.98 Å². The van der Waals surface area contributed by atoms with Crippen LogP contribution in [0.5, 0.6) is 11.5 Å². The molecule has 1 aliphatic heterocycles. The summed E-state index contributed by atoms with van der Waals surface area (Å²) in [7, 11) is -3.63. The number of ketones is 1. The molecule has 3 rings (SSSR count). The maximum atomic E-state index is 12.2. The molecule has 112 valence electrons. The second-order valence-electron chi connectivity index (χ2n) is 4.67. The Labute approximate surface area is 127 Å². The summed E-state index contributed by atoms with van der Waals surface area (Å²) < 4.78 is 32.5. The number of carbonyl (C=O) groups excluding carboxylic acids is 1. The van der Waals surface area contributed by atoms with E-state index in [2.05, 4.69) is 4.98 Å². The molecular weight excluding hydrogens is 306 g/mol. The lowest BCUT2D eigenvalue weighted by Gasteiger charge is -2.03. The van der Waals surface area contributed by atoms with E-state index in [9.17, 15) is 13.2 Å². The van der Waals surface area contributed by atoms with Crippen LogP contribution in [0.25, 0.3) is 6.08 Å². The first-order valence-corrected chi connectivity index (χ1v) is 8.12. The number of aromatic nitrogens is 1. The number of nitrogens with zero attached hydrogens (tertiary/aromatic N) is 1. The Bertz CT molecular complexity index is 872. The van der Waals surface area contributed by atoms with E-state index in [1.807, 2.05) is 0 Å². The maximum absolute atomic E-state index is 12.2. The van der Waals surface area contributed by atoms with Gasteiger partial charge in [0, 0.05) is 18.5 Å². The van der Waals surface area contributed by atoms with Crippen LogP contribution in [-0.4, -0.2) is 25.4 Å². The fourth-order valence-electron chi connectivity index (χ4n) is 2.00. The average Bonchev–Trinajstić information content (AvgIpc) is 2.74. The fraction of sp³-hybridized carbons (Fsp3) is 0.0667. The second kappa shape index (κ2) is 5.27. The lowest BCUT2D eigenvalue weighted by molar-refractivity contribution is 0.101. The molecule has 6 nitrogen and oxygen atoms in total. The van der Waals surface area contributed by atoms with Crippen molar-refractivity contribution in [2.45, 2.75) is 0 Å². The van der Waals surface area contributed by atoms with Crippen LogP contribution in [0.3, 0.4) is 0 Å². The summed E-state index contributed by atoms with van der Waals surface area (Å²) in [5.74, 6) is 0.265. The van der Waals surface area contributed by atoms with Gasteiger partial charge in [0.05, 0.1) is 11.8 Å². The van der Waals surface area contributed by atoms with Crippen LogP contribution >= 0.6 is 0 Å². The largest absolute Gasteiger partial charge is 0.452 e. The Kier molecular flexibility index (Phi) is 3.42. The quantitative estimate of drug-likeness (QED) is 0.636. The first-order chi connectivity index (χ1) is 10.4. The van der Waals surface area contributed by atoms with Gasteiger partial charge in [0.25, 0.3) is 0 Å². The van der Waals surface area contributed by atoms with Crippen LogP contribution < -0.4 is 8.92 Å². The zero-order valence-electron chi connectivity index (χ0n) is 11.5. The summed E-state index contributed by atoms with van der Waals surface area (Å²) in [5.41, 5.74) is 1.14. The van der Waals surface area contributed by atoms with Gasteiger partial charge in [-0.15, -0.1) is 0 Å². The molecule has 0 amide bonds. The van der Waals surface area contributed by atoms with Gasteiger partial charge in [0.2, 0.25) is 5.78 Å². The van der Waals surface area contributed by atoms with Crippen LogP contribution in [0.2, 0.25) is 0 Å². The summed E-state index contributed by atoms with van der Waals surface area (Å²) in [5, 5.41) is 0. The summed E-state index contributed by atoms with van der Waals surface area (Å²) in [6.07, 6.45) is 5.76. The lowest BCUT2D eigenvalue weighted by Crippen LogP contribution is -2.05. The zero-order chi connectivity index (χ0) is 15.7. The molecule has 0 radical (unpaired) electrons. The van der Waals surface area contributed by atoms with Crippen LogP contribution in [0.4, 0.5) is 0 Å². The predicted molar refractivity (Wildman–Crippen MR) is 79.1 cm³/mol. The molecule has 0 atom stereocenters. The van der Waals surface area contributed by atoms with Crippen molar-refractivity contribution in [2.75, 3.05) is 6.26 Å². The average molecular weight is 317 g/mol. The van der Waals surface area contributed by atoms with Gasteiger partial charge >= 0.3 is 10.1 Å². The normalized spacial score (nSPS) is 15.5. The number of pyridine rings is 1. The molecule has 1 aromatic carbocycles. The van der Waals surface area contributed by atoms with Gasteiger partial charge in [0.15, 0.2) is 5.76 Å². The summed E-state index contributed by atoms with van der Waals surface area (Å²) in [6.45, 7) is 0. The van der Waals surface area contributed by atoms with Crippen LogP contribution in [0, 0.1) is 0 Å². The number of rotatable bonds is 3. The SMILES string of the molecule is CS(=O)(=O)Oc1ccc2c(c1)OC(=Cc1ccncc1)C2=O. The van der Waals surface area contributed by atoms with E-state index < -0.39 is 10.1 Å². The van der Waals surface area contributed by atoms with E-state index in [1.54, 1.807) is 30.6 Å². The molecule has 2 heterocycles. The van der Waals surface area contributed by atoms with Crippen molar-refractivity contribution in [2.24, 2.45) is 0 Å². The van der Waals surface area contributed by atoms with Crippen molar-refractivity contribution in [1.29, 1.82) is 0 Å². The van der Waals surface area contributed by atoms with Gasteiger partial charge in [0.1, 0.15) is 11.5 Å². The smallest absolute Gasteiger partial charge is 0.306 e. The van der Waals surface area contributed by atoms with Gasteiger partial charge in [-0.25, -0.2) is 0 Å². The molecule has 0 fully saturated rings. The van der Waals surface area contributed by atoms with E-state index in [0.717, 1.165) is 11.8 Å². The van der Waals surface area contributed by atoms with Crippen molar-refractivity contribution in [3.8, 4) is 11.5 Å². The predicted octanol–water partition coefficient (Wildman–Crippen LogP) is 2.04. The molecule has 2 aromatic rings. The van der Waals surface area contributed by atoms with E-state index in [4.69, 9.17) is 8.92 Å². The van der Waals surface area contributed by atoms with Crippen molar-refractivity contribution in [3.05, 3.63) is 59.6 Å². The highest BCUT2D eigenvalue weighted by molar-refractivity contribution is 7.86. The van der Waals surface area contributed by atoms with Crippen LogP contribution in [-0.2, 0) is 10.1 Å². The molecule has 22 heavy (non-hydrogen) atoms. The van der Waals surface area contributed by atoms with E-state index in [-0.39, 0.29) is 23.0 Å². The van der Waals surface area contributed by atoms with Gasteiger partial charge in [-0.05, 0) is 35.9 Å². The van der Waals surface area contributed by atoms with Crippen molar-refractivity contribution < 1.29 is 22.1 Å². The third-order valence-corrected chi connectivity index (χ3v) is 3.39. The second-order valence-corrected chi connectivity index (χ2v) is 6.24.